The molecule has 31 heavy (non-hydrogen) atoms. The van der Waals surface area contributed by atoms with Crippen LogP contribution in [0.25, 0.3) is 0 Å². The molecule has 1 heterocycles. The Morgan fingerprint density at radius 2 is 1.81 bits per heavy atom. The molecule has 3 rings (SSSR count). The molecule has 8 heteroatoms. The van der Waals surface area contributed by atoms with E-state index in [0.717, 1.165) is 49.1 Å². The van der Waals surface area contributed by atoms with E-state index in [2.05, 4.69) is 20.5 Å². The molecule has 4 N–H and O–H groups in total. The van der Waals surface area contributed by atoms with Gasteiger partial charge >= 0.3 is 0 Å². The fourth-order valence-corrected chi connectivity index (χ4v) is 3.67. The Morgan fingerprint density at radius 1 is 1.13 bits per heavy atom. The average Bonchev–Trinajstić information content (AvgIpc) is 3.23. The van der Waals surface area contributed by atoms with Crippen LogP contribution in [-0.2, 0) is 13.1 Å². The molecular formula is C23H31N5O3. The minimum atomic E-state index is -0.421. The van der Waals surface area contributed by atoms with E-state index in [9.17, 15) is 4.79 Å². The highest BCUT2D eigenvalue weighted by Gasteiger charge is 2.23. The number of guanidine groups is 1. The number of carbonyl (C=O) groups is 1. The van der Waals surface area contributed by atoms with Gasteiger partial charge in [-0.3, -0.25) is 14.7 Å². The van der Waals surface area contributed by atoms with Crippen LogP contribution in [0, 0.1) is 0 Å². The summed E-state index contributed by atoms with van der Waals surface area (Å²) in [5, 5.41) is 6.83. The third-order valence-corrected chi connectivity index (χ3v) is 5.35. The summed E-state index contributed by atoms with van der Waals surface area (Å²) in [7, 11) is 5.10. The van der Waals surface area contributed by atoms with E-state index < -0.39 is 5.91 Å². The standard InChI is InChI=1S/C23H31N5O3/c1-25-23(26-13-16-4-6-18(7-5-16)22(24)29)27-19-8-9-28(15-19)14-17-10-20(30-2)12-21(11-17)31-3/h4-7,10-12,19H,8-9,13-15H2,1-3H3,(H2,24,29)(H2,25,26,27). The number of primary amides is 1. The Balaban J connectivity index is 1.50. The van der Waals surface area contributed by atoms with E-state index in [1.165, 1.54) is 5.56 Å². The molecule has 1 fully saturated rings. The summed E-state index contributed by atoms with van der Waals surface area (Å²) in [6.07, 6.45) is 1.04. The number of likely N-dealkylation sites (tertiary alicyclic amines) is 1. The summed E-state index contributed by atoms with van der Waals surface area (Å²) < 4.78 is 10.7. The molecule has 2 aromatic rings. The first kappa shape index (κ1) is 22.4. The van der Waals surface area contributed by atoms with E-state index >= 15 is 0 Å². The molecule has 1 amide bonds. The maximum Gasteiger partial charge on any atom is 0.248 e. The van der Waals surface area contributed by atoms with Crippen molar-refractivity contribution in [2.24, 2.45) is 10.7 Å². The molecule has 0 radical (unpaired) electrons. The normalized spacial score (nSPS) is 16.7. The highest BCUT2D eigenvalue weighted by molar-refractivity contribution is 5.92. The highest BCUT2D eigenvalue weighted by Crippen LogP contribution is 2.24. The summed E-state index contributed by atoms with van der Waals surface area (Å²) in [5.41, 5.74) is 8.01. The summed E-state index contributed by atoms with van der Waals surface area (Å²) in [6, 6.07) is 13.5. The maximum absolute atomic E-state index is 11.2. The fourth-order valence-electron chi connectivity index (χ4n) is 3.67. The summed E-state index contributed by atoms with van der Waals surface area (Å²) in [5.74, 6) is 1.94. The monoisotopic (exact) mass is 425 g/mol. The molecular weight excluding hydrogens is 394 g/mol. The van der Waals surface area contributed by atoms with Crippen molar-refractivity contribution >= 4 is 11.9 Å². The molecule has 166 valence electrons. The number of nitrogens with zero attached hydrogens (tertiary/aromatic N) is 2. The van der Waals surface area contributed by atoms with Gasteiger partial charge < -0.3 is 25.8 Å². The Labute approximate surface area is 183 Å². The van der Waals surface area contributed by atoms with Crippen molar-refractivity contribution in [2.75, 3.05) is 34.4 Å². The molecule has 0 saturated carbocycles. The van der Waals surface area contributed by atoms with Crippen LogP contribution in [0.5, 0.6) is 11.5 Å². The van der Waals surface area contributed by atoms with Crippen molar-refractivity contribution in [3.8, 4) is 11.5 Å². The SMILES string of the molecule is CN=C(NCc1ccc(C(N)=O)cc1)NC1CCN(Cc2cc(OC)cc(OC)c2)C1. The Kier molecular flexibility index (Phi) is 7.72. The number of rotatable bonds is 8. The van der Waals surface area contributed by atoms with E-state index in [-0.39, 0.29) is 0 Å². The largest absolute Gasteiger partial charge is 0.497 e. The molecule has 1 aliphatic rings. The Hall–Kier alpha value is -3.26. The zero-order valence-electron chi connectivity index (χ0n) is 18.4. The minimum Gasteiger partial charge on any atom is -0.497 e. The van der Waals surface area contributed by atoms with Crippen LogP contribution < -0.4 is 25.8 Å². The number of carbonyl (C=O) groups excluding carboxylic acids is 1. The molecule has 1 unspecified atom stereocenters. The van der Waals surface area contributed by atoms with E-state index in [0.29, 0.717) is 18.2 Å². The number of hydrogen-bond acceptors (Lipinski definition) is 5. The van der Waals surface area contributed by atoms with Crippen molar-refractivity contribution in [1.29, 1.82) is 0 Å². The number of benzene rings is 2. The van der Waals surface area contributed by atoms with E-state index in [1.807, 2.05) is 30.3 Å². The van der Waals surface area contributed by atoms with Crippen LogP contribution in [-0.4, -0.2) is 57.2 Å². The first-order valence-electron chi connectivity index (χ1n) is 10.3. The lowest BCUT2D eigenvalue weighted by Gasteiger charge is -2.19. The summed E-state index contributed by atoms with van der Waals surface area (Å²) in [6.45, 7) is 3.37. The van der Waals surface area contributed by atoms with Gasteiger partial charge in [0.15, 0.2) is 5.96 Å². The third-order valence-electron chi connectivity index (χ3n) is 5.35. The lowest BCUT2D eigenvalue weighted by atomic mass is 10.1. The fraction of sp³-hybridized carbons (Fsp3) is 0.391. The van der Waals surface area contributed by atoms with Crippen LogP contribution in [0.1, 0.15) is 27.9 Å². The van der Waals surface area contributed by atoms with Crippen molar-refractivity contribution in [3.63, 3.8) is 0 Å². The topological polar surface area (TPSA) is 101 Å². The number of methoxy groups -OCH3 is 2. The molecule has 0 aliphatic carbocycles. The second-order valence-electron chi connectivity index (χ2n) is 7.57. The van der Waals surface area contributed by atoms with Gasteiger partial charge in [0.05, 0.1) is 14.2 Å². The number of hydrogen-bond donors (Lipinski definition) is 3. The second kappa shape index (κ2) is 10.7. The van der Waals surface area contributed by atoms with Crippen molar-refractivity contribution < 1.29 is 14.3 Å². The summed E-state index contributed by atoms with van der Waals surface area (Å²) >= 11 is 0. The number of aliphatic imine (C=N–C) groups is 1. The van der Waals surface area contributed by atoms with Gasteiger partial charge in [0.1, 0.15) is 11.5 Å². The number of ether oxygens (including phenoxy) is 2. The van der Waals surface area contributed by atoms with Gasteiger partial charge in [-0.2, -0.15) is 0 Å². The molecule has 0 aromatic heterocycles. The average molecular weight is 426 g/mol. The van der Waals surface area contributed by atoms with Crippen LogP contribution >= 0.6 is 0 Å². The lowest BCUT2D eigenvalue weighted by molar-refractivity contribution is 0.100. The number of nitrogens with one attached hydrogen (secondary N) is 2. The van der Waals surface area contributed by atoms with Crippen LogP contribution in [0.4, 0.5) is 0 Å². The third kappa shape index (κ3) is 6.36. The molecule has 1 saturated heterocycles. The predicted molar refractivity (Wildman–Crippen MR) is 122 cm³/mol. The van der Waals surface area contributed by atoms with E-state index in [1.54, 1.807) is 33.4 Å². The van der Waals surface area contributed by atoms with Gasteiger partial charge in [0.2, 0.25) is 5.91 Å². The Morgan fingerprint density at radius 3 is 2.39 bits per heavy atom. The van der Waals surface area contributed by atoms with E-state index in [4.69, 9.17) is 15.2 Å². The lowest BCUT2D eigenvalue weighted by Crippen LogP contribution is -2.44. The first-order valence-corrected chi connectivity index (χ1v) is 10.3. The minimum absolute atomic E-state index is 0.316. The van der Waals surface area contributed by atoms with Gasteiger partial charge in [0.25, 0.3) is 0 Å². The smallest absolute Gasteiger partial charge is 0.248 e. The van der Waals surface area contributed by atoms with Crippen LogP contribution in [0.2, 0.25) is 0 Å². The van der Waals surface area contributed by atoms with Gasteiger partial charge in [0, 0.05) is 50.9 Å². The number of amides is 1. The zero-order valence-corrected chi connectivity index (χ0v) is 18.4. The molecule has 8 nitrogen and oxygen atoms in total. The van der Waals surface area contributed by atoms with Crippen molar-refractivity contribution in [2.45, 2.75) is 25.6 Å². The van der Waals surface area contributed by atoms with Gasteiger partial charge in [-0.15, -0.1) is 0 Å². The number of nitrogens with two attached hydrogens (primary N) is 1. The molecule has 1 aliphatic heterocycles. The highest BCUT2D eigenvalue weighted by atomic mass is 16.5. The molecule has 0 bridgehead atoms. The van der Waals surface area contributed by atoms with Crippen molar-refractivity contribution in [3.05, 3.63) is 59.2 Å². The molecule has 2 aromatic carbocycles. The predicted octanol–water partition coefficient (Wildman–Crippen LogP) is 1.74. The van der Waals surface area contributed by atoms with Gasteiger partial charge in [-0.05, 0) is 41.8 Å². The summed E-state index contributed by atoms with van der Waals surface area (Å²) in [4.78, 5) is 17.9. The maximum atomic E-state index is 11.2. The van der Waals surface area contributed by atoms with Crippen LogP contribution in [0.15, 0.2) is 47.5 Å². The Bertz CT molecular complexity index is 892. The first-order chi connectivity index (χ1) is 15.0. The second-order valence-corrected chi connectivity index (χ2v) is 7.57. The quantitative estimate of drug-likeness (QED) is 0.440. The van der Waals surface area contributed by atoms with Gasteiger partial charge in [-0.1, -0.05) is 12.1 Å². The molecule has 0 spiro atoms. The van der Waals surface area contributed by atoms with Gasteiger partial charge in [-0.25, -0.2) is 0 Å². The van der Waals surface area contributed by atoms with Crippen LogP contribution in [0.3, 0.4) is 0 Å². The zero-order chi connectivity index (χ0) is 22.2. The van der Waals surface area contributed by atoms with Crippen molar-refractivity contribution in [1.82, 2.24) is 15.5 Å². The molecule has 1 atom stereocenters.